The number of rotatable bonds is 5. The van der Waals surface area contributed by atoms with E-state index in [0.717, 1.165) is 18.6 Å². The van der Waals surface area contributed by atoms with Crippen LogP contribution in [0.15, 0.2) is 18.2 Å². The molecule has 1 fully saturated rings. The molecular formula is C17H20F3N3O3. The van der Waals surface area contributed by atoms with Crippen LogP contribution >= 0.6 is 0 Å². The van der Waals surface area contributed by atoms with E-state index >= 15 is 0 Å². The number of alkyl halides is 3. The highest BCUT2D eigenvalue weighted by molar-refractivity contribution is 5.83. The number of benzene rings is 1. The molecule has 1 aromatic carbocycles. The van der Waals surface area contributed by atoms with E-state index in [0.29, 0.717) is 13.0 Å². The van der Waals surface area contributed by atoms with Crippen molar-refractivity contribution < 1.29 is 28.2 Å². The first-order chi connectivity index (χ1) is 12.3. The second-order valence-electron chi connectivity index (χ2n) is 6.49. The summed E-state index contributed by atoms with van der Waals surface area (Å²) in [4.78, 5) is 16.5. The number of hydrogen-bond acceptors (Lipinski definition) is 5. The van der Waals surface area contributed by atoms with Crippen molar-refractivity contribution in [1.82, 2.24) is 14.9 Å². The van der Waals surface area contributed by atoms with E-state index in [1.54, 1.807) is 0 Å². The summed E-state index contributed by atoms with van der Waals surface area (Å²) >= 11 is 0. The molecule has 26 heavy (non-hydrogen) atoms. The zero-order chi connectivity index (χ0) is 18.9. The Morgan fingerprint density at radius 2 is 2.15 bits per heavy atom. The molecule has 0 bridgehead atoms. The van der Waals surface area contributed by atoms with E-state index in [1.807, 2.05) is 0 Å². The minimum atomic E-state index is -4.51. The van der Waals surface area contributed by atoms with Gasteiger partial charge in [-0.1, -0.05) is 0 Å². The lowest BCUT2D eigenvalue weighted by molar-refractivity contribution is -0.137. The molecule has 2 aromatic rings. The molecule has 0 unspecified atom stereocenters. The summed E-state index contributed by atoms with van der Waals surface area (Å²) in [5.74, 6) is -0.125. The third-order valence-corrected chi connectivity index (χ3v) is 4.63. The third-order valence-electron chi connectivity index (χ3n) is 4.63. The number of piperidine rings is 1. The average Bonchev–Trinajstić information content (AvgIpc) is 2.93. The lowest BCUT2D eigenvalue weighted by Gasteiger charge is -2.28. The molecule has 142 valence electrons. The summed E-state index contributed by atoms with van der Waals surface area (Å²) in [7, 11) is 0. The Morgan fingerprint density at radius 3 is 2.81 bits per heavy atom. The van der Waals surface area contributed by atoms with Gasteiger partial charge in [-0.3, -0.25) is 4.79 Å². The Labute approximate surface area is 147 Å². The number of nitrogens with one attached hydrogen (secondary N) is 1. The first kappa shape index (κ1) is 18.8. The van der Waals surface area contributed by atoms with Gasteiger partial charge < -0.3 is 20.1 Å². The smallest absolute Gasteiger partial charge is 0.391 e. The molecule has 0 aliphatic carbocycles. The molecule has 1 aliphatic heterocycles. The SMILES string of the molecule is O=C(C[C@H]1NCCC[C@@H]1O)Cn1c(CO)nc2ccc(C(F)(F)F)cc21. The van der Waals surface area contributed by atoms with Crippen LogP contribution in [-0.4, -0.2) is 44.2 Å². The molecular weight excluding hydrogens is 351 g/mol. The summed E-state index contributed by atoms with van der Waals surface area (Å²) in [6, 6.07) is 2.72. The molecule has 0 spiro atoms. The van der Waals surface area contributed by atoms with Gasteiger partial charge in [-0.15, -0.1) is 0 Å². The van der Waals surface area contributed by atoms with Gasteiger partial charge in [-0.25, -0.2) is 4.98 Å². The van der Waals surface area contributed by atoms with Gasteiger partial charge >= 0.3 is 6.18 Å². The summed E-state index contributed by atoms with van der Waals surface area (Å²) in [6.45, 7) is 0.00602. The number of aromatic nitrogens is 2. The number of carbonyl (C=O) groups is 1. The molecule has 0 saturated carbocycles. The number of halogens is 3. The van der Waals surface area contributed by atoms with Crippen molar-refractivity contribution in [3.8, 4) is 0 Å². The predicted molar refractivity (Wildman–Crippen MR) is 87.3 cm³/mol. The first-order valence-electron chi connectivity index (χ1n) is 8.40. The summed E-state index contributed by atoms with van der Waals surface area (Å²) in [5.41, 5.74) is -0.410. The second kappa shape index (κ2) is 7.34. The van der Waals surface area contributed by atoms with E-state index in [2.05, 4.69) is 10.3 Å². The van der Waals surface area contributed by atoms with Crippen molar-refractivity contribution in [3.05, 3.63) is 29.6 Å². The van der Waals surface area contributed by atoms with Crippen molar-refractivity contribution in [3.63, 3.8) is 0 Å². The molecule has 1 saturated heterocycles. The van der Waals surface area contributed by atoms with Crippen LogP contribution < -0.4 is 5.32 Å². The van der Waals surface area contributed by atoms with E-state index in [-0.39, 0.29) is 41.6 Å². The van der Waals surface area contributed by atoms with Gasteiger partial charge in [0.05, 0.1) is 29.2 Å². The number of aliphatic hydroxyl groups excluding tert-OH is 2. The van der Waals surface area contributed by atoms with Crippen LogP contribution in [0.1, 0.15) is 30.7 Å². The Balaban J connectivity index is 1.86. The maximum absolute atomic E-state index is 13.0. The number of nitrogens with zero attached hydrogens (tertiary/aromatic N) is 2. The Morgan fingerprint density at radius 1 is 1.38 bits per heavy atom. The molecule has 1 aromatic heterocycles. The van der Waals surface area contributed by atoms with Crippen LogP contribution in [0, 0.1) is 0 Å². The number of aliphatic hydroxyl groups is 2. The van der Waals surface area contributed by atoms with Crippen molar-refractivity contribution in [2.75, 3.05) is 6.54 Å². The summed E-state index contributed by atoms with van der Waals surface area (Å²) in [6.07, 6.45) is -3.64. The molecule has 9 heteroatoms. The molecule has 1 aliphatic rings. The van der Waals surface area contributed by atoms with Crippen molar-refractivity contribution in [2.24, 2.45) is 0 Å². The summed E-state index contributed by atoms with van der Waals surface area (Å²) < 4.78 is 40.2. The fourth-order valence-electron chi connectivity index (χ4n) is 3.28. The van der Waals surface area contributed by atoms with Gasteiger partial charge in [0.25, 0.3) is 0 Å². The lowest BCUT2D eigenvalue weighted by atomic mass is 9.97. The minimum Gasteiger partial charge on any atom is -0.391 e. The normalized spacial score (nSPS) is 21.3. The average molecular weight is 371 g/mol. The number of Topliss-reactive ketones (excluding diaryl/α,β-unsaturated/α-hetero) is 1. The van der Waals surface area contributed by atoms with Crippen LogP contribution in [0.25, 0.3) is 11.0 Å². The van der Waals surface area contributed by atoms with Gasteiger partial charge in [0, 0.05) is 12.5 Å². The second-order valence-corrected chi connectivity index (χ2v) is 6.49. The van der Waals surface area contributed by atoms with Crippen molar-refractivity contribution in [2.45, 2.75) is 50.7 Å². The van der Waals surface area contributed by atoms with Gasteiger partial charge in [0.2, 0.25) is 0 Å². The van der Waals surface area contributed by atoms with Crippen LogP contribution in [-0.2, 0) is 24.1 Å². The lowest BCUT2D eigenvalue weighted by Crippen LogP contribution is -2.46. The Hall–Kier alpha value is -1.97. The highest BCUT2D eigenvalue weighted by Crippen LogP contribution is 2.31. The number of carbonyl (C=O) groups excluding carboxylic acids is 1. The molecule has 0 amide bonds. The van der Waals surface area contributed by atoms with E-state index in [1.165, 1.54) is 10.6 Å². The topological polar surface area (TPSA) is 87.4 Å². The zero-order valence-corrected chi connectivity index (χ0v) is 14.0. The van der Waals surface area contributed by atoms with E-state index in [4.69, 9.17) is 0 Å². The highest BCUT2D eigenvalue weighted by atomic mass is 19.4. The first-order valence-corrected chi connectivity index (χ1v) is 8.40. The maximum atomic E-state index is 13.0. The highest BCUT2D eigenvalue weighted by Gasteiger charge is 2.31. The number of fused-ring (bicyclic) bond motifs is 1. The number of hydrogen-bond donors (Lipinski definition) is 3. The molecule has 3 N–H and O–H groups in total. The fraction of sp³-hybridized carbons (Fsp3) is 0.529. The minimum absolute atomic E-state index is 0.0602. The number of imidazole rings is 1. The Kier molecular flexibility index (Phi) is 5.31. The predicted octanol–water partition coefficient (Wildman–Crippen LogP) is 1.62. The fourth-order valence-corrected chi connectivity index (χ4v) is 3.28. The van der Waals surface area contributed by atoms with Crippen molar-refractivity contribution in [1.29, 1.82) is 0 Å². The maximum Gasteiger partial charge on any atom is 0.416 e. The standard InChI is InChI=1S/C17H20F3N3O3/c18-17(19,20)10-3-4-12-14(6-10)23(16(9-24)22-12)8-11(25)7-13-15(26)2-1-5-21-13/h3-4,6,13,15,21,24,26H,1-2,5,7-9H2/t13-,15+/m1/s1. The third kappa shape index (κ3) is 3.89. The van der Waals surface area contributed by atoms with Gasteiger partial charge in [0.15, 0.2) is 5.78 Å². The molecule has 3 rings (SSSR count). The van der Waals surface area contributed by atoms with Gasteiger partial charge in [0.1, 0.15) is 12.4 Å². The van der Waals surface area contributed by atoms with Crippen molar-refractivity contribution >= 4 is 16.8 Å². The molecule has 0 radical (unpaired) electrons. The largest absolute Gasteiger partial charge is 0.416 e. The molecule has 2 atom stereocenters. The van der Waals surface area contributed by atoms with Gasteiger partial charge in [-0.05, 0) is 37.6 Å². The van der Waals surface area contributed by atoms with Gasteiger partial charge in [-0.2, -0.15) is 13.2 Å². The van der Waals surface area contributed by atoms with Crippen LogP contribution in [0.5, 0.6) is 0 Å². The van der Waals surface area contributed by atoms with E-state index in [9.17, 15) is 28.2 Å². The van der Waals surface area contributed by atoms with Crippen LogP contribution in [0.2, 0.25) is 0 Å². The molecule has 6 nitrogen and oxygen atoms in total. The quantitative estimate of drug-likeness (QED) is 0.744. The van der Waals surface area contributed by atoms with E-state index < -0.39 is 24.5 Å². The number of ketones is 1. The Bertz CT molecular complexity index is 804. The molecule has 2 heterocycles. The monoisotopic (exact) mass is 371 g/mol. The van der Waals surface area contributed by atoms with Crippen LogP contribution in [0.4, 0.5) is 13.2 Å². The van der Waals surface area contributed by atoms with Crippen LogP contribution in [0.3, 0.4) is 0 Å². The zero-order valence-electron chi connectivity index (χ0n) is 14.0. The summed E-state index contributed by atoms with van der Waals surface area (Å²) in [5, 5.41) is 22.5.